The summed E-state index contributed by atoms with van der Waals surface area (Å²) in [7, 11) is 2.15. The molecule has 1 aromatic carbocycles. The molecule has 0 aromatic heterocycles. The van der Waals surface area contributed by atoms with Crippen LogP contribution in [-0.2, 0) is 6.61 Å². The third-order valence-electron chi connectivity index (χ3n) is 3.65. The fourth-order valence-corrected chi connectivity index (χ4v) is 3.08. The second kappa shape index (κ2) is 5.87. The molecule has 1 aliphatic rings. The maximum absolute atomic E-state index is 9.13. The minimum absolute atomic E-state index is 0.0905. The number of rotatable bonds is 4. The van der Waals surface area contributed by atoms with E-state index in [0.717, 1.165) is 22.5 Å². The molecule has 0 spiro atoms. The van der Waals surface area contributed by atoms with Gasteiger partial charge in [-0.25, -0.2) is 0 Å². The van der Waals surface area contributed by atoms with Crippen molar-refractivity contribution in [3.8, 4) is 0 Å². The Labute approximate surface area is 112 Å². The Morgan fingerprint density at radius 1 is 1.35 bits per heavy atom. The summed E-state index contributed by atoms with van der Waals surface area (Å²) >= 11 is 3.50. The third kappa shape index (κ3) is 3.23. The van der Waals surface area contributed by atoms with Gasteiger partial charge in [0.25, 0.3) is 0 Å². The Morgan fingerprint density at radius 3 is 2.65 bits per heavy atom. The molecule has 3 heteroatoms. The number of nitrogens with zero attached hydrogens (tertiary/aromatic N) is 1. The van der Waals surface area contributed by atoms with Gasteiger partial charge in [-0.2, -0.15) is 0 Å². The van der Waals surface area contributed by atoms with Crippen molar-refractivity contribution in [3.05, 3.63) is 28.2 Å². The molecule has 1 aromatic rings. The van der Waals surface area contributed by atoms with Crippen molar-refractivity contribution in [3.63, 3.8) is 0 Å². The summed E-state index contributed by atoms with van der Waals surface area (Å²) in [5.41, 5.74) is 2.17. The molecule has 0 saturated heterocycles. The first-order valence-corrected chi connectivity index (χ1v) is 7.10. The summed E-state index contributed by atoms with van der Waals surface area (Å²) < 4.78 is 0.996. The molecule has 94 valence electrons. The maximum atomic E-state index is 9.13. The van der Waals surface area contributed by atoms with Crippen LogP contribution in [0.15, 0.2) is 22.7 Å². The van der Waals surface area contributed by atoms with E-state index in [4.69, 9.17) is 5.11 Å². The van der Waals surface area contributed by atoms with Gasteiger partial charge in [-0.3, -0.25) is 0 Å². The van der Waals surface area contributed by atoms with Crippen LogP contribution in [-0.4, -0.2) is 18.7 Å². The van der Waals surface area contributed by atoms with Crippen molar-refractivity contribution < 1.29 is 5.11 Å². The standard InChI is InChI=1S/C14H20BrNO/c1-16(9-11-4-2-3-5-11)13-7-6-12(10-17)14(15)8-13/h6-8,11,17H,2-5,9-10H2,1H3. The maximum Gasteiger partial charge on any atom is 0.0692 e. The topological polar surface area (TPSA) is 23.5 Å². The van der Waals surface area contributed by atoms with Gasteiger partial charge in [0.1, 0.15) is 0 Å². The zero-order valence-electron chi connectivity index (χ0n) is 10.3. The summed E-state index contributed by atoms with van der Waals surface area (Å²) in [4.78, 5) is 2.32. The number of hydrogen-bond donors (Lipinski definition) is 1. The molecule has 0 heterocycles. The van der Waals surface area contributed by atoms with Crippen LogP contribution in [0.1, 0.15) is 31.2 Å². The van der Waals surface area contributed by atoms with Crippen molar-refractivity contribution >= 4 is 21.6 Å². The first kappa shape index (κ1) is 12.9. The summed E-state index contributed by atoms with van der Waals surface area (Å²) in [6.07, 6.45) is 5.54. The number of anilines is 1. The Kier molecular flexibility index (Phi) is 4.46. The van der Waals surface area contributed by atoms with Crippen molar-refractivity contribution in [1.29, 1.82) is 0 Å². The Hall–Kier alpha value is -0.540. The van der Waals surface area contributed by atoms with E-state index in [-0.39, 0.29) is 6.61 Å². The van der Waals surface area contributed by atoms with E-state index >= 15 is 0 Å². The fourth-order valence-electron chi connectivity index (χ4n) is 2.59. The number of halogens is 1. The Morgan fingerprint density at radius 2 is 2.06 bits per heavy atom. The molecule has 1 aliphatic carbocycles. The summed E-state index contributed by atoms with van der Waals surface area (Å²) in [6.45, 7) is 1.23. The van der Waals surface area contributed by atoms with E-state index < -0.39 is 0 Å². The highest BCUT2D eigenvalue weighted by Crippen LogP contribution is 2.28. The van der Waals surface area contributed by atoms with Gasteiger partial charge in [-0.05, 0) is 36.5 Å². The molecule has 0 aliphatic heterocycles. The summed E-state index contributed by atoms with van der Waals surface area (Å²) in [6, 6.07) is 6.18. The lowest BCUT2D eigenvalue weighted by atomic mass is 10.1. The van der Waals surface area contributed by atoms with Crippen LogP contribution < -0.4 is 4.90 Å². The first-order valence-electron chi connectivity index (χ1n) is 6.31. The van der Waals surface area contributed by atoms with Gasteiger partial charge in [-0.15, -0.1) is 0 Å². The highest BCUT2D eigenvalue weighted by Gasteiger charge is 2.17. The molecule has 0 amide bonds. The SMILES string of the molecule is CN(CC1CCCC1)c1ccc(CO)c(Br)c1. The first-order chi connectivity index (χ1) is 8.20. The molecule has 1 fully saturated rings. The number of benzene rings is 1. The van der Waals surface area contributed by atoms with E-state index in [0.29, 0.717) is 0 Å². The van der Waals surface area contributed by atoms with Crippen LogP contribution in [0, 0.1) is 5.92 Å². The van der Waals surface area contributed by atoms with Crippen molar-refractivity contribution in [2.75, 3.05) is 18.5 Å². The van der Waals surface area contributed by atoms with Crippen LogP contribution in [0.4, 0.5) is 5.69 Å². The largest absolute Gasteiger partial charge is 0.392 e. The second-order valence-electron chi connectivity index (χ2n) is 4.96. The molecule has 0 radical (unpaired) electrons. The smallest absolute Gasteiger partial charge is 0.0692 e. The normalized spacial score (nSPS) is 16.4. The Balaban J connectivity index is 2.02. The second-order valence-corrected chi connectivity index (χ2v) is 5.82. The average Bonchev–Trinajstić information content (AvgIpc) is 2.81. The molecular weight excluding hydrogens is 278 g/mol. The molecule has 2 nitrogen and oxygen atoms in total. The molecule has 2 rings (SSSR count). The average molecular weight is 298 g/mol. The van der Waals surface area contributed by atoms with Crippen LogP contribution in [0.3, 0.4) is 0 Å². The van der Waals surface area contributed by atoms with E-state index in [9.17, 15) is 0 Å². The van der Waals surface area contributed by atoms with E-state index in [2.05, 4.69) is 40.0 Å². The van der Waals surface area contributed by atoms with Gasteiger partial charge in [0, 0.05) is 23.8 Å². The van der Waals surface area contributed by atoms with E-state index in [1.165, 1.54) is 31.4 Å². The lowest BCUT2D eigenvalue weighted by molar-refractivity contribution is 0.281. The van der Waals surface area contributed by atoms with Gasteiger partial charge in [0.05, 0.1) is 6.61 Å². The van der Waals surface area contributed by atoms with Crippen LogP contribution in [0.25, 0.3) is 0 Å². The third-order valence-corrected chi connectivity index (χ3v) is 4.39. The van der Waals surface area contributed by atoms with Gasteiger partial charge < -0.3 is 10.0 Å². The minimum Gasteiger partial charge on any atom is -0.392 e. The number of aliphatic hydroxyl groups is 1. The van der Waals surface area contributed by atoms with Crippen LogP contribution in [0.5, 0.6) is 0 Å². The molecule has 1 N–H and O–H groups in total. The van der Waals surface area contributed by atoms with Gasteiger partial charge in [-0.1, -0.05) is 34.8 Å². The Bertz CT molecular complexity index is 374. The van der Waals surface area contributed by atoms with E-state index in [1.54, 1.807) is 0 Å². The van der Waals surface area contributed by atoms with Crippen molar-refractivity contribution in [1.82, 2.24) is 0 Å². The lowest BCUT2D eigenvalue weighted by Crippen LogP contribution is -2.23. The predicted octanol–water partition coefficient (Wildman–Crippen LogP) is 3.57. The zero-order chi connectivity index (χ0) is 12.3. The summed E-state index contributed by atoms with van der Waals surface area (Å²) in [5, 5.41) is 9.13. The fraction of sp³-hybridized carbons (Fsp3) is 0.571. The molecule has 0 atom stereocenters. The van der Waals surface area contributed by atoms with Crippen LogP contribution >= 0.6 is 15.9 Å². The highest BCUT2D eigenvalue weighted by molar-refractivity contribution is 9.10. The lowest BCUT2D eigenvalue weighted by Gasteiger charge is -2.23. The highest BCUT2D eigenvalue weighted by atomic mass is 79.9. The molecule has 0 bridgehead atoms. The molecule has 1 saturated carbocycles. The molecule has 0 unspecified atom stereocenters. The van der Waals surface area contributed by atoms with Crippen molar-refractivity contribution in [2.45, 2.75) is 32.3 Å². The van der Waals surface area contributed by atoms with Crippen LogP contribution in [0.2, 0.25) is 0 Å². The zero-order valence-corrected chi connectivity index (χ0v) is 11.9. The minimum atomic E-state index is 0.0905. The quantitative estimate of drug-likeness (QED) is 0.918. The summed E-state index contributed by atoms with van der Waals surface area (Å²) in [5.74, 6) is 0.858. The van der Waals surface area contributed by atoms with Crippen molar-refractivity contribution in [2.24, 2.45) is 5.92 Å². The van der Waals surface area contributed by atoms with Gasteiger partial charge in [0.2, 0.25) is 0 Å². The monoisotopic (exact) mass is 297 g/mol. The number of hydrogen-bond acceptors (Lipinski definition) is 2. The van der Waals surface area contributed by atoms with Gasteiger partial charge >= 0.3 is 0 Å². The predicted molar refractivity (Wildman–Crippen MR) is 75.3 cm³/mol. The molecular formula is C14H20BrNO. The molecule has 17 heavy (non-hydrogen) atoms. The van der Waals surface area contributed by atoms with E-state index in [1.807, 2.05) is 6.07 Å². The van der Waals surface area contributed by atoms with Gasteiger partial charge in [0.15, 0.2) is 0 Å². The number of aliphatic hydroxyl groups excluding tert-OH is 1.